The second-order valence-corrected chi connectivity index (χ2v) is 14.1. The fraction of sp³-hybridized carbons (Fsp3) is 0.433. The number of fused-ring (bicyclic) bond motifs is 1. The van der Waals surface area contributed by atoms with Crippen molar-refractivity contribution in [1.29, 1.82) is 0 Å². The van der Waals surface area contributed by atoms with Gasteiger partial charge in [0, 0.05) is 12.0 Å². The Morgan fingerprint density at radius 3 is 2.50 bits per heavy atom. The predicted molar refractivity (Wildman–Crippen MR) is 152 cm³/mol. The summed E-state index contributed by atoms with van der Waals surface area (Å²) < 4.78 is 63.5. The Hall–Kier alpha value is -3.31. The number of hydrogen-bond acceptors (Lipinski definition) is 6. The number of rotatable bonds is 8. The summed E-state index contributed by atoms with van der Waals surface area (Å²) in [5, 5.41) is 3.09. The molecule has 2 aliphatic rings. The van der Waals surface area contributed by atoms with Crippen molar-refractivity contribution in [2.24, 2.45) is 5.41 Å². The third-order valence-corrected chi connectivity index (χ3v) is 9.48. The summed E-state index contributed by atoms with van der Waals surface area (Å²) in [4.78, 5) is 25.4. The molecule has 0 spiro atoms. The number of nitrogens with zero attached hydrogens (tertiary/aromatic N) is 2. The van der Waals surface area contributed by atoms with Crippen LogP contribution in [-0.4, -0.2) is 30.1 Å². The number of ether oxygens (including phenoxy) is 1. The zero-order valence-corrected chi connectivity index (χ0v) is 25.5. The first-order valence-electron chi connectivity index (χ1n) is 13.7. The van der Waals surface area contributed by atoms with Crippen LogP contribution in [0.5, 0.6) is 5.88 Å². The van der Waals surface area contributed by atoms with Gasteiger partial charge >= 0.3 is 5.97 Å². The number of carbonyl (C=O) groups is 2. The molecule has 224 valence electrons. The van der Waals surface area contributed by atoms with Crippen LogP contribution in [0.25, 0.3) is 0 Å². The number of hydrogen-bond donors (Lipinski definition) is 1. The molecule has 1 atom stereocenters. The topological polar surface area (TPSA) is 107 Å². The number of nitrogens with one attached hydrogen (secondary N) is 1. The van der Waals surface area contributed by atoms with Crippen LogP contribution < -0.4 is 9.46 Å². The second-order valence-electron chi connectivity index (χ2n) is 12.1. The Morgan fingerprint density at radius 2 is 1.86 bits per heavy atom. The monoisotopic (exact) mass is 619 g/mol. The Labute approximate surface area is 248 Å². The van der Waals surface area contributed by atoms with Gasteiger partial charge in [0.25, 0.3) is 10.0 Å². The molecule has 3 aromatic rings. The number of halogens is 3. The van der Waals surface area contributed by atoms with E-state index in [1.165, 1.54) is 10.7 Å². The molecular weight excluding hydrogens is 588 g/mol. The summed E-state index contributed by atoms with van der Waals surface area (Å²) in [5.74, 6) is -3.18. The average molecular weight is 620 g/mol. The van der Waals surface area contributed by atoms with Crippen LogP contribution in [0.4, 0.5) is 8.78 Å². The van der Waals surface area contributed by atoms with Gasteiger partial charge in [0.1, 0.15) is 16.7 Å². The van der Waals surface area contributed by atoms with Crippen molar-refractivity contribution in [1.82, 2.24) is 14.5 Å². The van der Waals surface area contributed by atoms with E-state index in [0.717, 1.165) is 47.2 Å². The van der Waals surface area contributed by atoms with Crippen LogP contribution in [0.1, 0.15) is 93.0 Å². The van der Waals surface area contributed by atoms with E-state index in [1.54, 1.807) is 13.8 Å². The highest BCUT2D eigenvalue weighted by atomic mass is 35.5. The molecule has 2 aromatic carbocycles. The van der Waals surface area contributed by atoms with Gasteiger partial charge in [-0.25, -0.2) is 18.2 Å². The summed E-state index contributed by atoms with van der Waals surface area (Å²) in [6, 6.07) is 7.48. The molecule has 42 heavy (non-hydrogen) atoms. The molecule has 0 bridgehead atoms. The molecule has 8 nitrogen and oxygen atoms in total. The van der Waals surface area contributed by atoms with E-state index in [2.05, 4.69) is 9.82 Å². The van der Waals surface area contributed by atoms with Gasteiger partial charge in [-0.15, -0.1) is 0 Å². The Kier molecular flexibility index (Phi) is 7.72. The van der Waals surface area contributed by atoms with Gasteiger partial charge < -0.3 is 4.74 Å². The van der Waals surface area contributed by atoms with Gasteiger partial charge in [0.05, 0.1) is 18.4 Å². The first-order valence-corrected chi connectivity index (χ1v) is 15.6. The van der Waals surface area contributed by atoms with Crippen molar-refractivity contribution in [2.75, 3.05) is 0 Å². The van der Waals surface area contributed by atoms with Crippen molar-refractivity contribution in [3.63, 3.8) is 0 Å². The van der Waals surface area contributed by atoms with E-state index in [4.69, 9.17) is 16.3 Å². The zero-order chi connectivity index (χ0) is 30.7. The van der Waals surface area contributed by atoms with Crippen molar-refractivity contribution in [2.45, 2.75) is 83.2 Å². The molecule has 0 saturated heterocycles. The van der Waals surface area contributed by atoms with E-state index < -0.39 is 54.9 Å². The summed E-state index contributed by atoms with van der Waals surface area (Å²) in [6.45, 7) is 9.20. The molecule has 1 unspecified atom stereocenters. The maximum atomic E-state index is 14.9. The Morgan fingerprint density at radius 1 is 1.17 bits per heavy atom. The normalized spacial score (nSPS) is 17.1. The summed E-state index contributed by atoms with van der Waals surface area (Å²) >= 11 is 5.84. The van der Waals surface area contributed by atoms with Gasteiger partial charge in [-0.3, -0.25) is 9.59 Å². The highest BCUT2D eigenvalue weighted by Gasteiger charge is 2.38. The molecule has 0 radical (unpaired) electrons. The molecule has 5 rings (SSSR count). The second kappa shape index (κ2) is 10.8. The largest absolute Gasteiger partial charge is 0.407 e. The first-order chi connectivity index (χ1) is 19.6. The van der Waals surface area contributed by atoms with Gasteiger partial charge in [0.15, 0.2) is 0 Å². The minimum Gasteiger partial charge on any atom is -0.407 e. The van der Waals surface area contributed by atoms with Gasteiger partial charge in [-0.1, -0.05) is 50.6 Å². The number of sulfonamides is 1. The number of esters is 1. The van der Waals surface area contributed by atoms with Crippen molar-refractivity contribution < 1.29 is 31.5 Å². The number of carbonyl (C=O) groups excluding carboxylic acids is 2. The highest BCUT2D eigenvalue weighted by molar-refractivity contribution is 7.90. The Balaban J connectivity index is 1.44. The third-order valence-electron chi connectivity index (χ3n) is 7.89. The minimum absolute atomic E-state index is 0.00569. The number of benzene rings is 2. The van der Waals surface area contributed by atoms with Crippen LogP contribution in [0.2, 0.25) is 5.02 Å². The number of aromatic nitrogens is 2. The Bertz CT molecular complexity index is 1690. The lowest BCUT2D eigenvalue weighted by Crippen LogP contribution is -2.38. The first kappa shape index (κ1) is 30.2. The summed E-state index contributed by atoms with van der Waals surface area (Å²) in [5.41, 5.74) is 2.65. The number of amides is 1. The summed E-state index contributed by atoms with van der Waals surface area (Å²) in [7, 11) is -4.36. The molecule has 1 amide bonds. The lowest BCUT2D eigenvalue weighted by atomic mass is 9.83. The third kappa shape index (κ3) is 5.68. The van der Waals surface area contributed by atoms with E-state index in [-0.39, 0.29) is 36.2 Å². The minimum atomic E-state index is -4.36. The lowest BCUT2D eigenvalue weighted by Gasteiger charge is -2.27. The quantitative estimate of drug-likeness (QED) is 0.246. The SMILES string of the molecule is CC(C)c1cc(C(C)c2ccc(F)c(Cl)c2F)cc(C2CC2)c1CC(=O)NS(=O)(=O)c1cc2n(n1)CC(C)(C)C(=O)O2. The maximum Gasteiger partial charge on any atom is 0.320 e. The highest BCUT2D eigenvalue weighted by Crippen LogP contribution is 2.45. The summed E-state index contributed by atoms with van der Waals surface area (Å²) in [6.07, 6.45) is 1.63. The molecule has 2 heterocycles. The molecule has 1 fully saturated rings. The molecule has 1 N–H and O–H groups in total. The van der Waals surface area contributed by atoms with Crippen LogP contribution in [0.15, 0.2) is 35.4 Å². The lowest BCUT2D eigenvalue weighted by molar-refractivity contribution is -0.148. The van der Waals surface area contributed by atoms with Gasteiger partial charge in [-0.05, 0) is 72.4 Å². The van der Waals surface area contributed by atoms with Crippen molar-refractivity contribution >= 4 is 33.5 Å². The fourth-order valence-electron chi connectivity index (χ4n) is 5.30. The van der Waals surface area contributed by atoms with Crippen LogP contribution >= 0.6 is 11.6 Å². The molecule has 1 aliphatic carbocycles. The van der Waals surface area contributed by atoms with Crippen molar-refractivity contribution in [3.8, 4) is 5.88 Å². The predicted octanol–water partition coefficient (Wildman–Crippen LogP) is 5.96. The zero-order valence-electron chi connectivity index (χ0n) is 23.9. The molecular formula is C30H32ClF2N3O5S. The molecule has 12 heteroatoms. The molecule has 1 aromatic heterocycles. The fourth-order valence-corrected chi connectivity index (χ4v) is 6.41. The standard InChI is InChI=1S/C30H32ClF2N3O5S/c1-15(2)20-10-18(16(3)19-8-9-23(32)27(31)28(19)33)11-21(17-6-7-17)22(20)12-24(37)35-42(39,40)25-13-26-36(34-25)14-30(4,5)29(38)41-26/h8-11,13,15-17H,6-7,12,14H2,1-5H3,(H,35,37). The van der Waals surface area contributed by atoms with Crippen LogP contribution in [-0.2, 0) is 32.6 Å². The van der Waals surface area contributed by atoms with E-state index >= 15 is 0 Å². The van der Waals surface area contributed by atoms with Crippen molar-refractivity contribution in [3.05, 3.63) is 74.8 Å². The van der Waals surface area contributed by atoms with E-state index in [0.29, 0.717) is 0 Å². The maximum absolute atomic E-state index is 14.9. The van der Waals surface area contributed by atoms with E-state index in [9.17, 15) is 26.8 Å². The van der Waals surface area contributed by atoms with Gasteiger partial charge in [0.2, 0.25) is 16.8 Å². The molecule has 1 aliphatic heterocycles. The molecule has 1 saturated carbocycles. The van der Waals surface area contributed by atoms with Gasteiger partial charge in [-0.2, -0.15) is 13.5 Å². The van der Waals surface area contributed by atoms with E-state index in [1.807, 2.05) is 32.9 Å². The van der Waals surface area contributed by atoms with Crippen LogP contribution in [0.3, 0.4) is 0 Å². The average Bonchev–Trinajstić information content (AvgIpc) is 3.67. The van der Waals surface area contributed by atoms with Crippen LogP contribution in [0, 0.1) is 17.0 Å². The smallest absolute Gasteiger partial charge is 0.320 e.